The van der Waals surface area contributed by atoms with Gasteiger partial charge in [0.1, 0.15) is 0 Å². The van der Waals surface area contributed by atoms with Gasteiger partial charge in [0.25, 0.3) is 0 Å². The summed E-state index contributed by atoms with van der Waals surface area (Å²) in [6.45, 7) is 4.13. The number of halogens is 1. The third-order valence-corrected chi connectivity index (χ3v) is 0.426. The van der Waals surface area contributed by atoms with Crippen LogP contribution in [0.1, 0.15) is 13.8 Å². The molecule has 0 aromatic heterocycles. The molecule has 0 aromatic rings. The Morgan fingerprint density at radius 1 is 1.71 bits per heavy atom. The molecule has 3 heteroatoms. The first-order chi connectivity index (χ1) is 2.77. The largest absolute Gasteiger partial charge is 0.357 e. The summed E-state index contributed by atoms with van der Waals surface area (Å²) in [5, 5.41) is 2.57. The molecule has 0 saturated heterocycles. The lowest BCUT2D eigenvalue weighted by molar-refractivity contribution is -0.118. The topological polar surface area (TPSA) is 29.1 Å². The molecule has 0 atom stereocenters. The number of carbonyl (C=O) groups is 1. The van der Waals surface area contributed by atoms with Crippen LogP contribution >= 0.6 is 12.4 Å². The van der Waals surface area contributed by atoms with Crippen LogP contribution in [0.15, 0.2) is 0 Å². The molecule has 0 aliphatic heterocycles. The fraction of sp³-hybridized carbons (Fsp3) is 0.750. The van der Waals surface area contributed by atoms with Gasteiger partial charge in [0.05, 0.1) is 0 Å². The maximum absolute atomic E-state index is 9.93. The Hall–Kier alpha value is -0.240. The molecule has 0 saturated carbocycles. The first-order valence-electron chi connectivity index (χ1n) is 2.01. The van der Waals surface area contributed by atoms with Gasteiger partial charge < -0.3 is 5.32 Å². The quantitative estimate of drug-likeness (QED) is 0.543. The van der Waals surface area contributed by atoms with Crippen molar-refractivity contribution < 1.29 is 4.79 Å². The molecule has 0 radical (unpaired) electrons. The van der Waals surface area contributed by atoms with E-state index < -0.39 is 0 Å². The molecule has 0 bridgehead atoms. The van der Waals surface area contributed by atoms with E-state index in [1.54, 1.807) is 0 Å². The Morgan fingerprint density at radius 2 is 2.14 bits per heavy atom. The summed E-state index contributed by atoms with van der Waals surface area (Å²) >= 11 is 0. The SMILES string of the molecule is CCNC(C)=O.Cl. The molecule has 1 N–H and O–H groups in total. The minimum atomic E-state index is 0. The number of hydrogen-bond donors (Lipinski definition) is 1. The number of amides is 1. The highest BCUT2D eigenvalue weighted by Crippen LogP contribution is 1.54. The van der Waals surface area contributed by atoms with Crippen LogP contribution < -0.4 is 5.32 Å². The van der Waals surface area contributed by atoms with Gasteiger partial charge in [-0.15, -0.1) is 12.4 Å². The van der Waals surface area contributed by atoms with Crippen molar-refractivity contribution in [3.05, 3.63) is 0 Å². The summed E-state index contributed by atoms with van der Waals surface area (Å²) in [5.41, 5.74) is 0. The average molecular weight is 124 g/mol. The Morgan fingerprint density at radius 3 is 2.14 bits per heavy atom. The molecule has 0 aliphatic rings. The van der Waals surface area contributed by atoms with Crippen molar-refractivity contribution in [1.82, 2.24) is 5.32 Å². The molecule has 1 amide bonds. The van der Waals surface area contributed by atoms with Crippen molar-refractivity contribution in [2.24, 2.45) is 0 Å². The molecule has 0 heterocycles. The van der Waals surface area contributed by atoms with Crippen LogP contribution in [-0.4, -0.2) is 12.5 Å². The summed E-state index contributed by atoms with van der Waals surface area (Å²) in [7, 11) is 0. The van der Waals surface area contributed by atoms with Gasteiger partial charge in [0, 0.05) is 13.5 Å². The molecule has 2 nitrogen and oxygen atoms in total. The Bertz CT molecular complexity index is 55.7. The van der Waals surface area contributed by atoms with Crippen molar-refractivity contribution in [3.63, 3.8) is 0 Å². The zero-order valence-corrected chi connectivity index (χ0v) is 5.34. The Balaban J connectivity index is 0. The van der Waals surface area contributed by atoms with Gasteiger partial charge in [-0.1, -0.05) is 0 Å². The van der Waals surface area contributed by atoms with E-state index in [2.05, 4.69) is 5.32 Å². The lowest BCUT2D eigenvalue weighted by Crippen LogP contribution is -2.18. The lowest BCUT2D eigenvalue weighted by atomic mass is 10.6. The second kappa shape index (κ2) is 5.76. The second-order valence-corrected chi connectivity index (χ2v) is 1.09. The van der Waals surface area contributed by atoms with E-state index in [9.17, 15) is 4.79 Å². The van der Waals surface area contributed by atoms with Crippen LogP contribution in [-0.2, 0) is 4.79 Å². The summed E-state index contributed by atoms with van der Waals surface area (Å²) in [6.07, 6.45) is 0. The van der Waals surface area contributed by atoms with Gasteiger partial charge in [0.2, 0.25) is 5.91 Å². The van der Waals surface area contributed by atoms with Crippen molar-refractivity contribution >= 4 is 18.3 Å². The van der Waals surface area contributed by atoms with Gasteiger partial charge >= 0.3 is 0 Å². The van der Waals surface area contributed by atoms with E-state index in [0.29, 0.717) is 0 Å². The van der Waals surface area contributed by atoms with E-state index in [1.807, 2.05) is 6.92 Å². The average Bonchev–Trinajstić information content (AvgIpc) is 1.35. The highest BCUT2D eigenvalue weighted by Gasteiger charge is 1.78. The van der Waals surface area contributed by atoms with Crippen molar-refractivity contribution in [2.45, 2.75) is 13.8 Å². The Labute approximate surface area is 49.7 Å². The van der Waals surface area contributed by atoms with Crippen molar-refractivity contribution in [2.75, 3.05) is 6.54 Å². The maximum Gasteiger partial charge on any atom is 0.216 e. The number of carbonyl (C=O) groups excluding carboxylic acids is 1. The second-order valence-electron chi connectivity index (χ2n) is 1.09. The predicted molar refractivity (Wildman–Crippen MR) is 31.6 cm³/mol. The molecule has 7 heavy (non-hydrogen) atoms. The zero-order chi connectivity index (χ0) is 4.99. The molecule has 0 rings (SSSR count). The highest BCUT2D eigenvalue weighted by molar-refractivity contribution is 5.85. The van der Waals surface area contributed by atoms with Crippen molar-refractivity contribution in [1.29, 1.82) is 0 Å². The van der Waals surface area contributed by atoms with E-state index in [-0.39, 0.29) is 18.3 Å². The van der Waals surface area contributed by atoms with Crippen LogP contribution in [0.4, 0.5) is 0 Å². The van der Waals surface area contributed by atoms with Crippen LogP contribution in [0.2, 0.25) is 0 Å². The normalized spacial score (nSPS) is 6.57. The van der Waals surface area contributed by atoms with E-state index in [4.69, 9.17) is 0 Å². The minimum absolute atomic E-state index is 0. The summed E-state index contributed by atoms with van der Waals surface area (Å²) in [4.78, 5) is 9.93. The van der Waals surface area contributed by atoms with Gasteiger partial charge in [-0.2, -0.15) is 0 Å². The standard InChI is InChI=1S/C4H9NO.ClH/c1-3-5-4(2)6;/h3H2,1-2H3,(H,5,6);1H. The first-order valence-corrected chi connectivity index (χ1v) is 2.01. The third kappa shape index (κ3) is 10.7. The molecular weight excluding hydrogens is 114 g/mol. The number of hydrogen-bond acceptors (Lipinski definition) is 1. The molecule has 0 spiro atoms. The van der Waals surface area contributed by atoms with Gasteiger partial charge in [-0.3, -0.25) is 4.79 Å². The highest BCUT2D eigenvalue weighted by atomic mass is 35.5. The number of nitrogens with one attached hydrogen (secondary N) is 1. The van der Waals surface area contributed by atoms with Crippen LogP contribution in [0.5, 0.6) is 0 Å². The zero-order valence-electron chi connectivity index (χ0n) is 4.52. The molecule has 0 fully saturated rings. The molecule has 44 valence electrons. The molecule has 0 aliphatic carbocycles. The van der Waals surface area contributed by atoms with E-state index in [1.165, 1.54) is 6.92 Å². The van der Waals surface area contributed by atoms with E-state index >= 15 is 0 Å². The van der Waals surface area contributed by atoms with E-state index in [0.717, 1.165) is 6.54 Å². The summed E-state index contributed by atoms with van der Waals surface area (Å²) < 4.78 is 0. The lowest BCUT2D eigenvalue weighted by Gasteiger charge is -1.88. The smallest absolute Gasteiger partial charge is 0.216 e. The molecular formula is C4H10ClNO. The van der Waals surface area contributed by atoms with Crippen LogP contribution in [0, 0.1) is 0 Å². The van der Waals surface area contributed by atoms with Gasteiger partial charge in [-0.05, 0) is 6.92 Å². The summed E-state index contributed by atoms with van der Waals surface area (Å²) in [6, 6.07) is 0. The van der Waals surface area contributed by atoms with Gasteiger partial charge in [-0.25, -0.2) is 0 Å². The monoisotopic (exact) mass is 123 g/mol. The van der Waals surface area contributed by atoms with Gasteiger partial charge in [0.15, 0.2) is 0 Å². The fourth-order valence-electron chi connectivity index (χ4n) is 0.249. The Kier molecular flexibility index (Phi) is 8.15. The first kappa shape index (κ1) is 9.90. The number of rotatable bonds is 1. The molecule has 0 aromatic carbocycles. The summed E-state index contributed by atoms with van der Waals surface area (Å²) in [5.74, 6) is 0.0394. The third-order valence-electron chi connectivity index (χ3n) is 0.426. The maximum atomic E-state index is 9.93. The minimum Gasteiger partial charge on any atom is -0.357 e. The molecule has 0 unspecified atom stereocenters. The van der Waals surface area contributed by atoms with Crippen LogP contribution in [0.3, 0.4) is 0 Å². The predicted octanol–water partition coefficient (Wildman–Crippen LogP) is 0.564. The van der Waals surface area contributed by atoms with Crippen molar-refractivity contribution in [3.8, 4) is 0 Å². The fourth-order valence-corrected chi connectivity index (χ4v) is 0.249. The van der Waals surface area contributed by atoms with Crippen LogP contribution in [0.25, 0.3) is 0 Å².